The van der Waals surface area contributed by atoms with Crippen LogP contribution in [0.15, 0.2) is 6.07 Å². The molecule has 1 rings (SSSR count). The van der Waals surface area contributed by atoms with Crippen LogP contribution in [0.2, 0.25) is 5.15 Å². The molecule has 0 bridgehead atoms. The summed E-state index contributed by atoms with van der Waals surface area (Å²) in [7, 11) is 0. The molecule has 94 valence electrons. The molecule has 0 saturated carbocycles. The molecule has 0 aromatic carbocycles. The Kier molecular flexibility index (Phi) is 4.51. The lowest BCUT2D eigenvalue weighted by molar-refractivity contribution is -0.383. The highest BCUT2D eigenvalue weighted by molar-refractivity contribution is 6.30. The van der Waals surface area contributed by atoms with Crippen LogP contribution in [0.5, 0.6) is 0 Å². The van der Waals surface area contributed by atoms with Crippen LogP contribution in [-0.4, -0.2) is 15.9 Å². The summed E-state index contributed by atoms with van der Waals surface area (Å²) in [5.74, 6) is 0.126. The minimum absolute atomic E-state index is 0.0150. The third-order valence-corrected chi connectivity index (χ3v) is 2.47. The molecule has 1 unspecified atom stereocenters. The van der Waals surface area contributed by atoms with E-state index in [0.717, 1.165) is 12.8 Å². The van der Waals surface area contributed by atoms with Gasteiger partial charge in [0.1, 0.15) is 10.8 Å². The molecule has 0 aliphatic carbocycles. The van der Waals surface area contributed by atoms with E-state index >= 15 is 0 Å². The molecule has 1 aromatic heterocycles. The van der Waals surface area contributed by atoms with E-state index in [2.05, 4.69) is 10.3 Å². The second kappa shape index (κ2) is 5.67. The topological polar surface area (TPSA) is 94.1 Å². The number of nitro groups is 1. The van der Waals surface area contributed by atoms with Gasteiger partial charge in [0.05, 0.1) is 4.92 Å². The van der Waals surface area contributed by atoms with Gasteiger partial charge in [0, 0.05) is 12.1 Å². The molecular weight excluding hydrogens is 244 g/mol. The first-order chi connectivity index (χ1) is 7.95. The lowest BCUT2D eigenvalue weighted by atomic mass is 10.2. The van der Waals surface area contributed by atoms with Crippen LogP contribution >= 0.6 is 11.6 Å². The van der Waals surface area contributed by atoms with Crippen molar-refractivity contribution in [2.75, 3.05) is 11.1 Å². The van der Waals surface area contributed by atoms with Crippen molar-refractivity contribution in [1.29, 1.82) is 0 Å². The lowest BCUT2D eigenvalue weighted by Gasteiger charge is -2.14. The molecule has 1 heterocycles. The molecule has 7 heteroatoms. The zero-order valence-corrected chi connectivity index (χ0v) is 10.5. The zero-order chi connectivity index (χ0) is 13.0. The van der Waals surface area contributed by atoms with Gasteiger partial charge < -0.3 is 11.1 Å². The Labute approximate surface area is 104 Å². The number of pyridine rings is 1. The molecule has 0 aliphatic rings. The highest BCUT2D eigenvalue weighted by Gasteiger charge is 2.22. The second-order valence-corrected chi connectivity index (χ2v) is 4.21. The largest absolute Gasteiger partial charge is 0.393 e. The quantitative estimate of drug-likeness (QED) is 0.481. The van der Waals surface area contributed by atoms with Crippen LogP contribution in [0.4, 0.5) is 17.2 Å². The van der Waals surface area contributed by atoms with Crippen molar-refractivity contribution in [3.8, 4) is 0 Å². The van der Waals surface area contributed by atoms with E-state index in [4.69, 9.17) is 17.3 Å². The minimum Gasteiger partial charge on any atom is -0.393 e. The molecule has 6 nitrogen and oxygen atoms in total. The van der Waals surface area contributed by atoms with Gasteiger partial charge in [0.15, 0.2) is 0 Å². The molecule has 17 heavy (non-hydrogen) atoms. The average Bonchev–Trinajstić information content (AvgIpc) is 2.15. The van der Waals surface area contributed by atoms with Gasteiger partial charge in [-0.05, 0) is 13.3 Å². The summed E-state index contributed by atoms with van der Waals surface area (Å²) >= 11 is 5.73. The predicted molar refractivity (Wildman–Crippen MR) is 68.3 cm³/mol. The number of nitrogens with one attached hydrogen (secondary N) is 1. The monoisotopic (exact) mass is 258 g/mol. The minimum atomic E-state index is -0.556. The first-order valence-corrected chi connectivity index (χ1v) is 5.70. The van der Waals surface area contributed by atoms with E-state index in [1.807, 2.05) is 13.8 Å². The number of rotatable bonds is 5. The van der Waals surface area contributed by atoms with Crippen LogP contribution in [0.1, 0.15) is 26.7 Å². The van der Waals surface area contributed by atoms with Gasteiger partial charge in [-0.15, -0.1) is 0 Å². The van der Waals surface area contributed by atoms with E-state index < -0.39 is 4.92 Å². The van der Waals surface area contributed by atoms with Crippen LogP contribution in [-0.2, 0) is 0 Å². The van der Waals surface area contributed by atoms with Crippen molar-refractivity contribution < 1.29 is 4.92 Å². The van der Waals surface area contributed by atoms with Gasteiger partial charge in [-0.3, -0.25) is 10.1 Å². The van der Waals surface area contributed by atoms with Gasteiger partial charge in [-0.1, -0.05) is 24.9 Å². The Morgan fingerprint density at radius 3 is 2.88 bits per heavy atom. The highest BCUT2D eigenvalue weighted by atomic mass is 35.5. The SMILES string of the molecule is CCCC(C)Nc1nc(Cl)cc(N)c1[N+](=O)[O-]. The summed E-state index contributed by atoms with van der Waals surface area (Å²) in [5.41, 5.74) is 5.36. The van der Waals surface area contributed by atoms with Crippen molar-refractivity contribution in [2.24, 2.45) is 0 Å². The molecule has 1 aromatic rings. The van der Waals surface area contributed by atoms with E-state index in [-0.39, 0.29) is 28.4 Å². The van der Waals surface area contributed by atoms with Gasteiger partial charge in [0.25, 0.3) is 0 Å². The van der Waals surface area contributed by atoms with E-state index in [1.54, 1.807) is 0 Å². The van der Waals surface area contributed by atoms with Gasteiger partial charge in [-0.2, -0.15) is 0 Å². The van der Waals surface area contributed by atoms with Crippen LogP contribution < -0.4 is 11.1 Å². The number of hydrogen-bond acceptors (Lipinski definition) is 5. The zero-order valence-electron chi connectivity index (χ0n) is 9.74. The third-order valence-electron chi connectivity index (χ3n) is 2.28. The molecule has 1 atom stereocenters. The predicted octanol–water partition coefficient (Wildman–Crippen LogP) is 2.83. The maximum Gasteiger partial charge on any atom is 0.334 e. The first kappa shape index (κ1) is 13.5. The fraction of sp³-hybridized carbons (Fsp3) is 0.500. The third kappa shape index (κ3) is 3.45. The molecule has 0 fully saturated rings. The summed E-state index contributed by atoms with van der Waals surface area (Å²) in [6, 6.07) is 1.35. The van der Waals surface area contributed by atoms with Crippen molar-refractivity contribution in [3.05, 3.63) is 21.3 Å². The highest BCUT2D eigenvalue weighted by Crippen LogP contribution is 2.31. The van der Waals surface area contributed by atoms with Crippen LogP contribution in [0.3, 0.4) is 0 Å². The Morgan fingerprint density at radius 2 is 2.35 bits per heavy atom. The van der Waals surface area contributed by atoms with Crippen molar-refractivity contribution >= 4 is 28.8 Å². The van der Waals surface area contributed by atoms with E-state index in [1.165, 1.54) is 6.07 Å². The number of nitrogens with zero attached hydrogens (tertiary/aromatic N) is 2. The molecule has 0 spiro atoms. The molecule has 0 aliphatic heterocycles. The summed E-state index contributed by atoms with van der Waals surface area (Å²) in [6.07, 6.45) is 1.85. The first-order valence-electron chi connectivity index (χ1n) is 5.32. The van der Waals surface area contributed by atoms with E-state index in [0.29, 0.717) is 0 Å². The normalized spacial score (nSPS) is 12.2. The molecule has 0 saturated heterocycles. The summed E-state index contributed by atoms with van der Waals surface area (Å²) in [5, 5.41) is 14.0. The number of halogens is 1. The fourth-order valence-corrected chi connectivity index (χ4v) is 1.76. The molecule has 0 radical (unpaired) electrons. The number of hydrogen-bond donors (Lipinski definition) is 2. The van der Waals surface area contributed by atoms with Crippen LogP contribution in [0, 0.1) is 10.1 Å². The Morgan fingerprint density at radius 1 is 1.71 bits per heavy atom. The number of anilines is 2. The van der Waals surface area contributed by atoms with Gasteiger partial charge >= 0.3 is 5.69 Å². The van der Waals surface area contributed by atoms with Crippen molar-refractivity contribution in [3.63, 3.8) is 0 Å². The number of nitrogens with two attached hydrogens (primary N) is 1. The molecule has 0 amide bonds. The standard InChI is InChI=1S/C10H15ClN4O2/c1-3-4-6(2)13-10-9(15(16)17)7(12)5-8(11)14-10/h5-6H,3-4H2,1-2H3,(H3,12,13,14). The second-order valence-electron chi connectivity index (χ2n) is 3.82. The van der Waals surface area contributed by atoms with Crippen molar-refractivity contribution in [2.45, 2.75) is 32.7 Å². The summed E-state index contributed by atoms with van der Waals surface area (Å²) in [6.45, 7) is 3.96. The smallest absolute Gasteiger partial charge is 0.334 e. The summed E-state index contributed by atoms with van der Waals surface area (Å²) in [4.78, 5) is 14.2. The lowest BCUT2D eigenvalue weighted by Crippen LogP contribution is -2.17. The number of aromatic nitrogens is 1. The van der Waals surface area contributed by atoms with Gasteiger partial charge in [-0.25, -0.2) is 4.98 Å². The fourth-order valence-electron chi connectivity index (χ4n) is 1.56. The summed E-state index contributed by atoms with van der Waals surface area (Å²) < 4.78 is 0. The van der Waals surface area contributed by atoms with Crippen molar-refractivity contribution in [1.82, 2.24) is 4.98 Å². The Hall–Kier alpha value is -1.56. The maximum atomic E-state index is 10.9. The number of nitrogen functional groups attached to an aromatic ring is 1. The Balaban J connectivity index is 3.08. The molecule has 3 N–H and O–H groups in total. The van der Waals surface area contributed by atoms with Gasteiger partial charge in [0.2, 0.25) is 5.82 Å². The Bertz CT molecular complexity index is 425. The van der Waals surface area contributed by atoms with E-state index in [9.17, 15) is 10.1 Å². The molecular formula is C10H15ClN4O2. The maximum absolute atomic E-state index is 10.9. The van der Waals surface area contributed by atoms with Crippen LogP contribution in [0.25, 0.3) is 0 Å². The average molecular weight is 259 g/mol.